The first-order valence-electron chi connectivity index (χ1n) is 14.1. The van der Waals surface area contributed by atoms with E-state index in [1.54, 1.807) is 18.2 Å². The number of carbonyl (C=O) groups is 2. The van der Waals surface area contributed by atoms with Crippen LogP contribution in [0.3, 0.4) is 0 Å². The number of rotatable bonds is 8. The molecule has 3 saturated heterocycles. The highest BCUT2D eigenvalue weighted by atomic mass is 35.5. The maximum absolute atomic E-state index is 13.1. The van der Waals surface area contributed by atoms with Crippen LogP contribution in [0, 0.1) is 0 Å². The number of carbonyl (C=O) groups excluding carboxylic acids is 2. The van der Waals surface area contributed by atoms with Crippen molar-refractivity contribution in [1.82, 2.24) is 0 Å². The minimum atomic E-state index is -0.468. The lowest BCUT2D eigenvalue weighted by Crippen LogP contribution is -2.60. The van der Waals surface area contributed by atoms with Crippen molar-refractivity contribution in [1.29, 1.82) is 0 Å². The van der Waals surface area contributed by atoms with Gasteiger partial charge >= 0.3 is 6.09 Å². The number of nitrogens with one attached hydrogen (secondary N) is 2. The van der Waals surface area contributed by atoms with Gasteiger partial charge in [0.2, 0.25) is 5.91 Å². The molecule has 3 N–H and O–H groups in total. The molecule has 0 spiro atoms. The van der Waals surface area contributed by atoms with E-state index in [4.69, 9.17) is 21.1 Å². The lowest BCUT2D eigenvalue weighted by atomic mass is 9.96. The van der Waals surface area contributed by atoms with Gasteiger partial charge in [-0.15, -0.1) is 0 Å². The molecule has 41 heavy (non-hydrogen) atoms. The Hall–Kier alpha value is -3.43. The number of ether oxygens (including phenoxy) is 2. The molecule has 0 saturated carbocycles. The molecule has 3 aromatic rings. The van der Waals surface area contributed by atoms with E-state index in [-0.39, 0.29) is 25.0 Å². The molecule has 9 heteroatoms. The predicted molar refractivity (Wildman–Crippen MR) is 158 cm³/mol. The number of halogens is 1. The van der Waals surface area contributed by atoms with Crippen LogP contribution in [-0.2, 0) is 27.3 Å². The molecular weight excluding hydrogens is 542 g/mol. The fourth-order valence-electron chi connectivity index (χ4n) is 6.54. The number of likely N-dealkylation sites (N-methyl/N-ethyl adjacent to an activating group) is 1. The summed E-state index contributed by atoms with van der Waals surface area (Å²) in [5, 5.41) is 15.5. The van der Waals surface area contributed by atoms with Crippen molar-refractivity contribution >= 4 is 35.0 Å². The zero-order chi connectivity index (χ0) is 28.7. The lowest BCUT2D eigenvalue weighted by molar-refractivity contribution is -0.938. The van der Waals surface area contributed by atoms with Gasteiger partial charge in [-0.3, -0.25) is 10.1 Å². The zero-order valence-electron chi connectivity index (χ0n) is 23.2. The molecule has 3 aliphatic rings. The molecule has 0 aliphatic carbocycles. The van der Waals surface area contributed by atoms with Gasteiger partial charge in [-0.2, -0.15) is 0 Å². The maximum Gasteiger partial charge on any atom is 0.411 e. The number of benzene rings is 3. The number of quaternary nitrogens is 1. The normalized spacial score (nSPS) is 25.2. The number of nitrogens with zero attached hydrogens (tertiary/aromatic N) is 1. The lowest BCUT2D eigenvalue weighted by Gasteiger charge is -2.45. The van der Waals surface area contributed by atoms with Crippen LogP contribution in [0.5, 0.6) is 0 Å². The molecule has 0 radical (unpaired) electrons. The van der Waals surface area contributed by atoms with Gasteiger partial charge in [0.1, 0.15) is 30.4 Å². The van der Waals surface area contributed by atoms with Crippen LogP contribution < -0.4 is 10.6 Å². The summed E-state index contributed by atoms with van der Waals surface area (Å²) in [6.45, 7) is -0.119. The number of aliphatic hydroxyl groups is 1. The molecule has 8 nitrogen and oxygen atoms in total. The summed E-state index contributed by atoms with van der Waals surface area (Å²) in [4.78, 5) is 25.8. The second kappa shape index (κ2) is 11.1. The molecule has 1 unspecified atom stereocenters. The molecular formula is C32H35ClN3O5+. The minimum Gasteiger partial charge on any atom is -0.445 e. The average molecular weight is 577 g/mol. The SMILES string of the molecule is C[N+]1(C)[C@@H]2CC(OC(=O)Nc3cc(CCC(=O)Nc4ccc(CO)cc4Cl)ccc3-c3ccccc3)C[C@H]1[C@@H]1O[C@@H]12. The van der Waals surface area contributed by atoms with Crippen LogP contribution in [-0.4, -0.2) is 66.1 Å². The Morgan fingerprint density at radius 2 is 1.66 bits per heavy atom. The standard InChI is InChI=1S/C32H34ClN3O5/c1-36(2)27-16-22(17-28(36)31-30(27)41-31)40-32(39)35-26-15-19(8-11-23(26)21-6-4-3-5-7-21)10-13-29(38)34-25-12-9-20(18-37)14-24(25)33/h3-9,11-12,14-15,22,27-28,30-31,37H,10,13,16-18H2,1-2H3,(H-,34,35,38,39)/p+1/t22?,27-,28+,30-,31+. The Morgan fingerprint density at radius 3 is 2.34 bits per heavy atom. The summed E-state index contributed by atoms with van der Waals surface area (Å²) in [5.41, 5.74) is 4.57. The summed E-state index contributed by atoms with van der Waals surface area (Å²) in [5.74, 6) is -0.181. The molecule has 214 valence electrons. The van der Waals surface area contributed by atoms with E-state index in [1.165, 1.54) is 0 Å². The third-order valence-electron chi connectivity index (χ3n) is 8.85. The van der Waals surface area contributed by atoms with Gasteiger partial charge in [0.05, 0.1) is 37.1 Å². The first-order chi connectivity index (χ1) is 19.7. The molecule has 6 rings (SSSR count). The van der Waals surface area contributed by atoms with Crippen LogP contribution in [0.1, 0.15) is 30.4 Å². The fraction of sp³-hybridized carbons (Fsp3) is 0.375. The van der Waals surface area contributed by atoms with Crippen molar-refractivity contribution in [3.8, 4) is 11.1 Å². The highest BCUT2D eigenvalue weighted by Crippen LogP contribution is 2.51. The Labute approximate surface area is 244 Å². The fourth-order valence-corrected chi connectivity index (χ4v) is 6.79. The number of aliphatic hydroxyl groups excluding tert-OH is 1. The number of fused-ring (bicyclic) bond motifs is 5. The van der Waals surface area contributed by atoms with Gasteiger partial charge in [0.15, 0.2) is 0 Å². The predicted octanol–water partition coefficient (Wildman–Crippen LogP) is 5.38. The largest absolute Gasteiger partial charge is 0.445 e. The van der Waals surface area contributed by atoms with Gasteiger partial charge in [0.25, 0.3) is 0 Å². The van der Waals surface area contributed by atoms with Crippen molar-refractivity contribution < 1.29 is 28.7 Å². The van der Waals surface area contributed by atoms with Crippen molar-refractivity contribution in [3.05, 3.63) is 82.9 Å². The molecule has 2 bridgehead atoms. The molecule has 3 heterocycles. The highest BCUT2D eigenvalue weighted by Gasteiger charge is 2.70. The van der Waals surface area contributed by atoms with Crippen molar-refractivity contribution in [2.45, 2.75) is 62.7 Å². The summed E-state index contributed by atoms with van der Waals surface area (Å²) < 4.78 is 12.7. The molecule has 5 atom stereocenters. The first-order valence-corrected chi connectivity index (χ1v) is 14.4. The van der Waals surface area contributed by atoms with Gasteiger partial charge in [-0.25, -0.2) is 4.79 Å². The molecule has 0 aromatic heterocycles. The van der Waals surface area contributed by atoms with Crippen LogP contribution in [0.4, 0.5) is 16.2 Å². The van der Waals surface area contributed by atoms with Gasteiger partial charge < -0.3 is 24.4 Å². The Bertz CT molecular complexity index is 1440. The number of amides is 2. The molecule has 3 aliphatic heterocycles. The average Bonchev–Trinajstić information content (AvgIpc) is 3.72. The number of epoxide rings is 1. The smallest absolute Gasteiger partial charge is 0.411 e. The number of hydrogen-bond acceptors (Lipinski definition) is 5. The van der Waals surface area contributed by atoms with E-state index in [2.05, 4.69) is 24.7 Å². The van der Waals surface area contributed by atoms with Crippen LogP contribution in [0.15, 0.2) is 66.7 Å². The first kappa shape index (κ1) is 27.7. The molecule has 2 amide bonds. The summed E-state index contributed by atoms with van der Waals surface area (Å²) in [7, 11) is 4.50. The van der Waals surface area contributed by atoms with Crippen LogP contribution in [0.25, 0.3) is 11.1 Å². The number of piperidine rings is 1. The van der Waals surface area contributed by atoms with Gasteiger partial charge in [0, 0.05) is 24.8 Å². The third-order valence-corrected chi connectivity index (χ3v) is 9.16. The topological polar surface area (TPSA) is 100 Å². The van der Waals surface area contributed by atoms with E-state index in [0.29, 0.717) is 52.7 Å². The summed E-state index contributed by atoms with van der Waals surface area (Å²) >= 11 is 6.24. The Kier molecular flexibility index (Phi) is 7.50. The number of morpholine rings is 1. The Morgan fingerprint density at radius 1 is 0.951 bits per heavy atom. The van der Waals surface area contributed by atoms with Gasteiger partial charge in [-0.1, -0.05) is 60.1 Å². The quantitative estimate of drug-likeness (QED) is 0.247. The number of anilines is 2. The van der Waals surface area contributed by atoms with E-state index < -0.39 is 6.09 Å². The maximum atomic E-state index is 13.1. The zero-order valence-corrected chi connectivity index (χ0v) is 23.9. The second-order valence-corrected chi connectivity index (χ2v) is 12.1. The van der Waals surface area contributed by atoms with E-state index in [1.807, 2.05) is 48.5 Å². The monoisotopic (exact) mass is 576 g/mol. The van der Waals surface area contributed by atoms with Gasteiger partial charge in [-0.05, 0) is 41.3 Å². The van der Waals surface area contributed by atoms with Crippen molar-refractivity contribution in [3.63, 3.8) is 0 Å². The van der Waals surface area contributed by atoms with Crippen LogP contribution >= 0.6 is 11.6 Å². The van der Waals surface area contributed by atoms with E-state index >= 15 is 0 Å². The van der Waals surface area contributed by atoms with E-state index in [0.717, 1.165) is 34.0 Å². The van der Waals surface area contributed by atoms with Crippen molar-refractivity contribution in [2.24, 2.45) is 0 Å². The van der Waals surface area contributed by atoms with Crippen LogP contribution in [0.2, 0.25) is 5.02 Å². The highest BCUT2D eigenvalue weighted by molar-refractivity contribution is 6.33. The van der Waals surface area contributed by atoms with E-state index in [9.17, 15) is 14.7 Å². The number of aryl methyl sites for hydroxylation is 1. The molecule has 3 fully saturated rings. The number of hydrogen-bond donors (Lipinski definition) is 3. The Balaban J connectivity index is 1.13. The summed E-state index contributed by atoms with van der Waals surface area (Å²) in [6, 6.07) is 21.4. The minimum absolute atomic E-state index is 0.119. The molecule has 3 aromatic carbocycles. The summed E-state index contributed by atoms with van der Waals surface area (Å²) in [6.07, 6.45) is 2.27. The third kappa shape index (κ3) is 5.70. The second-order valence-electron chi connectivity index (χ2n) is 11.7. The van der Waals surface area contributed by atoms with Crippen molar-refractivity contribution in [2.75, 3.05) is 24.7 Å².